The Hall–Kier alpha value is -1.83. The zero-order valence-electron chi connectivity index (χ0n) is 13.4. The summed E-state index contributed by atoms with van der Waals surface area (Å²) in [5.74, 6) is 5.66. The van der Waals surface area contributed by atoms with Gasteiger partial charge in [0.25, 0.3) is 5.91 Å². The van der Waals surface area contributed by atoms with Gasteiger partial charge in [-0.25, -0.2) is 0 Å². The number of nitrogens with one attached hydrogen (secondary N) is 1. The molecule has 0 unspecified atom stereocenters. The van der Waals surface area contributed by atoms with Crippen LogP contribution in [0, 0.1) is 18.8 Å². The van der Waals surface area contributed by atoms with Gasteiger partial charge >= 0.3 is 0 Å². The van der Waals surface area contributed by atoms with E-state index in [9.17, 15) is 4.79 Å². The normalized spacial score (nSPS) is 10.4. The number of amides is 1. The molecule has 1 amide bonds. The largest absolute Gasteiger partial charge is 0.351 e. The monoisotopic (exact) mass is 287 g/mol. The lowest BCUT2D eigenvalue weighted by Gasteiger charge is -2.21. The summed E-state index contributed by atoms with van der Waals surface area (Å²) in [5, 5.41) is 2.95. The highest BCUT2D eigenvalue weighted by atomic mass is 16.1. The standard InChI is InChI=1S/C17H25N3O/c1-13(2)20(4)11-10-19-17(21)16-12-14(3)7-8-15(16)6-5-9-18/h7-8,12-13H,9-11,18H2,1-4H3,(H,19,21). The lowest BCUT2D eigenvalue weighted by atomic mass is 10.0. The number of aryl methyl sites for hydroxylation is 1. The van der Waals surface area contributed by atoms with Crippen LogP contribution in [-0.4, -0.2) is 43.5 Å². The predicted octanol–water partition coefficient (Wildman–Crippen LogP) is 1.38. The van der Waals surface area contributed by atoms with E-state index in [1.165, 1.54) is 0 Å². The van der Waals surface area contributed by atoms with E-state index in [1.807, 2.05) is 32.2 Å². The molecule has 0 fully saturated rings. The van der Waals surface area contributed by atoms with Crippen LogP contribution < -0.4 is 11.1 Å². The first-order valence-corrected chi connectivity index (χ1v) is 7.23. The van der Waals surface area contributed by atoms with Crippen LogP contribution in [0.4, 0.5) is 0 Å². The molecule has 114 valence electrons. The van der Waals surface area contributed by atoms with Crippen LogP contribution in [0.1, 0.15) is 35.3 Å². The summed E-state index contributed by atoms with van der Waals surface area (Å²) in [4.78, 5) is 14.5. The third-order valence-corrected chi connectivity index (χ3v) is 3.38. The van der Waals surface area contributed by atoms with Gasteiger partial charge in [-0.05, 0) is 40.0 Å². The van der Waals surface area contributed by atoms with Gasteiger partial charge in [0, 0.05) is 24.7 Å². The third-order valence-electron chi connectivity index (χ3n) is 3.38. The molecule has 0 bridgehead atoms. The quantitative estimate of drug-likeness (QED) is 0.804. The molecule has 0 saturated carbocycles. The molecular weight excluding hydrogens is 262 g/mol. The minimum atomic E-state index is -0.0859. The first-order chi connectivity index (χ1) is 9.95. The van der Waals surface area contributed by atoms with Crippen molar-refractivity contribution in [3.63, 3.8) is 0 Å². The second-order valence-corrected chi connectivity index (χ2v) is 5.39. The maximum absolute atomic E-state index is 12.3. The molecule has 1 rings (SSSR count). The number of likely N-dealkylation sites (N-methyl/N-ethyl adjacent to an activating group) is 1. The van der Waals surface area contributed by atoms with Gasteiger partial charge in [-0.1, -0.05) is 23.5 Å². The van der Waals surface area contributed by atoms with Crippen molar-refractivity contribution in [2.45, 2.75) is 26.8 Å². The summed E-state index contributed by atoms with van der Waals surface area (Å²) < 4.78 is 0. The van der Waals surface area contributed by atoms with Crippen molar-refractivity contribution < 1.29 is 4.79 Å². The number of hydrogen-bond acceptors (Lipinski definition) is 3. The van der Waals surface area contributed by atoms with Crippen molar-refractivity contribution in [2.24, 2.45) is 5.73 Å². The number of nitrogens with zero attached hydrogens (tertiary/aromatic N) is 1. The van der Waals surface area contributed by atoms with Crippen LogP contribution in [0.25, 0.3) is 0 Å². The summed E-state index contributed by atoms with van der Waals surface area (Å²) >= 11 is 0. The zero-order chi connectivity index (χ0) is 15.8. The highest BCUT2D eigenvalue weighted by molar-refractivity contribution is 5.96. The van der Waals surface area contributed by atoms with E-state index in [0.717, 1.165) is 17.7 Å². The van der Waals surface area contributed by atoms with Gasteiger partial charge in [0.05, 0.1) is 12.1 Å². The first kappa shape index (κ1) is 17.2. The molecule has 0 spiro atoms. The van der Waals surface area contributed by atoms with Crippen molar-refractivity contribution in [3.05, 3.63) is 34.9 Å². The van der Waals surface area contributed by atoms with Crippen LogP contribution in [0.15, 0.2) is 18.2 Å². The van der Waals surface area contributed by atoms with Gasteiger partial charge in [0.15, 0.2) is 0 Å². The van der Waals surface area contributed by atoms with E-state index < -0.39 is 0 Å². The summed E-state index contributed by atoms with van der Waals surface area (Å²) in [6.07, 6.45) is 0. The van der Waals surface area contributed by atoms with E-state index in [1.54, 1.807) is 0 Å². The first-order valence-electron chi connectivity index (χ1n) is 7.23. The van der Waals surface area contributed by atoms with Crippen molar-refractivity contribution in [3.8, 4) is 11.8 Å². The molecule has 1 aromatic carbocycles. The molecular formula is C17H25N3O. The Morgan fingerprint density at radius 2 is 2.14 bits per heavy atom. The molecule has 0 aromatic heterocycles. The molecule has 0 saturated heterocycles. The average Bonchev–Trinajstić information content (AvgIpc) is 2.45. The lowest BCUT2D eigenvalue weighted by Crippen LogP contribution is -2.36. The molecule has 0 aliphatic carbocycles. The van der Waals surface area contributed by atoms with Crippen LogP contribution in [0.3, 0.4) is 0 Å². The average molecular weight is 287 g/mol. The van der Waals surface area contributed by atoms with Crippen molar-refractivity contribution in [2.75, 3.05) is 26.7 Å². The minimum absolute atomic E-state index is 0.0859. The van der Waals surface area contributed by atoms with Crippen LogP contribution in [0.5, 0.6) is 0 Å². The number of nitrogens with two attached hydrogens (primary N) is 1. The summed E-state index contributed by atoms with van der Waals surface area (Å²) in [6.45, 7) is 7.94. The Labute approximate surface area is 127 Å². The van der Waals surface area contributed by atoms with Gasteiger partial charge < -0.3 is 16.0 Å². The van der Waals surface area contributed by atoms with Crippen LogP contribution in [-0.2, 0) is 0 Å². The molecule has 4 nitrogen and oxygen atoms in total. The van der Waals surface area contributed by atoms with E-state index in [2.05, 4.69) is 35.9 Å². The van der Waals surface area contributed by atoms with Crippen LogP contribution >= 0.6 is 0 Å². The van der Waals surface area contributed by atoms with E-state index in [0.29, 0.717) is 18.2 Å². The van der Waals surface area contributed by atoms with E-state index in [4.69, 9.17) is 5.73 Å². The second-order valence-electron chi connectivity index (χ2n) is 5.39. The fourth-order valence-electron chi connectivity index (χ4n) is 1.80. The SMILES string of the molecule is Cc1ccc(C#CCN)c(C(=O)NCCN(C)C(C)C)c1. The molecule has 0 aliphatic rings. The Kier molecular flexibility index (Phi) is 6.93. The lowest BCUT2D eigenvalue weighted by molar-refractivity contribution is 0.0947. The molecule has 21 heavy (non-hydrogen) atoms. The van der Waals surface area contributed by atoms with Gasteiger partial charge in [-0.15, -0.1) is 0 Å². The van der Waals surface area contributed by atoms with E-state index >= 15 is 0 Å². The molecule has 0 radical (unpaired) electrons. The molecule has 1 aromatic rings. The predicted molar refractivity (Wildman–Crippen MR) is 87.2 cm³/mol. The maximum atomic E-state index is 12.3. The van der Waals surface area contributed by atoms with Crippen molar-refractivity contribution >= 4 is 5.91 Å². The number of benzene rings is 1. The van der Waals surface area contributed by atoms with E-state index in [-0.39, 0.29) is 12.5 Å². The number of hydrogen-bond donors (Lipinski definition) is 2. The van der Waals surface area contributed by atoms with Crippen LogP contribution in [0.2, 0.25) is 0 Å². The Balaban J connectivity index is 2.75. The van der Waals surface area contributed by atoms with Gasteiger partial charge in [0.1, 0.15) is 0 Å². The minimum Gasteiger partial charge on any atom is -0.351 e. The number of rotatable bonds is 5. The third kappa shape index (κ3) is 5.58. The van der Waals surface area contributed by atoms with Crippen molar-refractivity contribution in [1.82, 2.24) is 10.2 Å². The maximum Gasteiger partial charge on any atom is 0.252 e. The second kappa shape index (κ2) is 8.46. The fraction of sp³-hybridized carbons (Fsp3) is 0.471. The number of carbonyl (C=O) groups excluding carboxylic acids is 1. The smallest absolute Gasteiger partial charge is 0.252 e. The molecule has 3 N–H and O–H groups in total. The number of carbonyl (C=O) groups is 1. The summed E-state index contributed by atoms with van der Waals surface area (Å²) in [5.41, 5.74) is 7.77. The topological polar surface area (TPSA) is 58.4 Å². The summed E-state index contributed by atoms with van der Waals surface area (Å²) in [6, 6.07) is 6.14. The highest BCUT2D eigenvalue weighted by Crippen LogP contribution is 2.10. The summed E-state index contributed by atoms with van der Waals surface area (Å²) in [7, 11) is 2.04. The zero-order valence-corrected chi connectivity index (χ0v) is 13.4. The molecule has 0 atom stereocenters. The molecule has 0 heterocycles. The highest BCUT2D eigenvalue weighted by Gasteiger charge is 2.11. The Morgan fingerprint density at radius 3 is 2.76 bits per heavy atom. The Morgan fingerprint density at radius 1 is 1.43 bits per heavy atom. The molecule has 4 heteroatoms. The van der Waals surface area contributed by atoms with Gasteiger partial charge in [-0.2, -0.15) is 0 Å². The Bertz CT molecular complexity index is 541. The molecule has 0 aliphatic heterocycles. The van der Waals surface area contributed by atoms with Crippen molar-refractivity contribution in [1.29, 1.82) is 0 Å². The van der Waals surface area contributed by atoms with Gasteiger partial charge in [-0.3, -0.25) is 4.79 Å². The van der Waals surface area contributed by atoms with Gasteiger partial charge in [0.2, 0.25) is 0 Å². The fourth-order valence-corrected chi connectivity index (χ4v) is 1.80.